The van der Waals surface area contributed by atoms with Crippen molar-refractivity contribution in [1.82, 2.24) is 25.5 Å². The molecule has 5 rings (SSSR count). The second-order valence-electron chi connectivity index (χ2n) is 9.60. The van der Waals surface area contributed by atoms with Gasteiger partial charge in [-0.1, -0.05) is 66.4 Å². The number of tetrazole rings is 1. The zero-order valence-corrected chi connectivity index (χ0v) is 24.3. The van der Waals surface area contributed by atoms with Gasteiger partial charge in [0.25, 0.3) is 0 Å². The number of carbonyl (C=O) groups excluding carboxylic acids is 2. The Labute approximate surface area is 252 Å². The average molecular weight is 605 g/mol. The van der Waals surface area contributed by atoms with Crippen LogP contribution < -0.4 is 10.6 Å². The summed E-state index contributed by atoms with van der Waals surface area (Å²) in [6.07, 6.45) is -0.513. The number of amides is 2. The van der Waals surface area contributed by atoms with E-state index in [-0.39, 0.29) is 32.0 Å². The third-order valence-corrected chi connectivity index (χ3v) is 7.65. The number of benzene rings is 3. The van der Waals surface area contributed by atoms with E-state index in [1.807, 2.05) is 66.7 Å². The summed E-state index contributed by atoms with van der Waals surface area (Å²) in [5.41, 5.74) is 3.98. The number of aliphatic hydroxyl groups excluding tert-OH is 1. The van der Waals surface area contributed by atoms with Crippen molar-refractivity contribution in [3.05, 3.63) is 95.6 Å². The van der Waals surface area contributed by atoms with Crippen LogP contribution in [0, 0.1) is 0 Å². The summed E-state index contributed by atoms with van der Waals surface area (Å²) in [7, 11) is 0. The van der Waals surface area contributed by atoms with Crippen LogP contribution in [0.15, 0.2) is 84.0 Å². The Balaban J connectivity index is 1.27. The summed E-state index contributed by atoms with van der Waals surface area (Å²) in [6, 6.07) is 24.0. The molecule has 0 saturated carbocycles. The lowest BCUT2D eigenvalue weighted by molar-refractivity contribution is -0.245. The van der Waals surface area contributed by atoms with E-state index in [1.54, 1.807) is 23.7 Å². The van der Waals surface area contributed by atoms with Gasteiger partial charge in [-0.05, 0) is 52.7 Å². The number of ether oxygens (including phenoxy) is 3. The average Bonchev–Trinajstić information content (AvgIpc) is 3.52. The maximum absolute atomic E-state index is 12.2. The lowest BCUT2D eigenvalue weighted by atomic mass is 10.0. The van der Waals surface area contributed by atoms with Crippen molar-refractivity contribution in [1.29, 1.82) is 0 Å². The van der Waals surface area contributed by atoms with E-state index in [0.29, 0.717) is 23.0 Å². The number of esters is 1. The molecule has 1 aliphatic rings. The number of hydrogen-bond donors (Lipinski definition) is 3. The lowest BCUT2D eigenvalue weighted by Gasteiger charge is -2.36. The monoisotopic (exact) mass is 604 g/mol. The molecule has 2 amide bonds. The predicted molar refractivity (Wildman–Crippen MR) is 158 cm³/mol. The second-order valence-corrected chi connectivity index (χ2v) is 10.6. The van der Waals surface area contributed by atoms with Crippen LogP contribution in [0.3, 0.4) is 0 Å². The molecule has 0 spiro atoms. The van der Waals surface area contributed by atoms with Gasteiger partial charge in [0.05, 0.1) is 31.1 Å². The summed E-state index contributed by atoms with van der Waals surface area (Å²) in [5.74, 6) is 0.0721. The number of para-hydroxylation sites is 1. The van der Waals surface area contributed by atoms with Crippen LogP contribution in [-0.4, -0.2) is 62.3 Å². The van der Waals surface area contributed by atoms with E-state index in [4.69, 9.17) is 14.2 Å². The highest BCUT2D eigenvalue weighted by Crippen LogP contribution is 2.39. The highest BCUT2D eigenvalue weighted by molar-refractivity contribution is 7.99. The number of anilines is 1. The van der Waals surface area contributed by atoms with E-state index in [9.17, 15) is 14.7 Å². The fourth-order valence-corrected chi connectivity index (χ4v) is 5.36. The number of aromatic nitrogens is 4. The van der Waals surface area contributed by atoms with Gasteiger partial charge in [0.15, 0.2) is 6.29 Å². The fourth-order valence-electron chi connectivity index (χ4n) is 4.45. The first-order valence-corrected chi connectivity index (χ1v) is 14.8. The van der Waals surface area contributed by atoms with Crippen molar-refractivity contribution in [3.63, 3.8) is 0 Å². The summed E-state index contributed by atoms with van der Waals surface area (Å²) < 4.78 is 19.3. The minimum absolute atomic E-state index is 0.0336. The lowest BCUT2D eigenvalue weighted by Crippen LogP contribution is -2.34. The van der Waals surface area contributed by atoms with Crippen molar-refractivity contribution in [2.45, 2.75) is 43.6 Å². The van der Waals surface area contributed by atoms with Crippen LogP contribution in [0.4, 0.5) is 10.5 Å². The molecule has 4 aromatic rings. The summed E-state index contributed by atoms with van der Waals surface area (Å²) >= 11 is 1.50. The van der Waals surface area contributed by atoms with Crippen LogP contribution in [0.2, 0.25) is 0 Å². The minimum atomic E-state index is -0.668. The molecule has 1 aliphatic heterocycles. The minimum Gasteiger partial charge on any atom is -0.465 e. The van der Waals surface area contributed by atoms with Gasteiger partial charge in [-0.15, -0.1) is 5.10 Å². The van der Waals surface area contributed by atoms with Crippen LogP contribution >= 0.6 is 11.8 Å². The van der Waals surface area contributed by atoms with E-state index in [0.717, 1.165) is 22.4 Å². The molecule has 0 aliphatic carbocycles. The Morgan fingerprint density at radius 2 is 1.77 bits per heavy atom. The van der Waals surface area contributed by atoms with Crippen LogP contribution in [0.5, 0.6) is 0 Å². The molecule has 0 bridgehead atoms. The zero-order valence-electron chi connectivity index (χ0n) is 23.5. The van der Waals surface area contributed by atoms with Crippen LogP contribution in [0.1, 0.15) is 42.4 Å². The molecule has 3 atom stereocenters. The van der Waals surface area contributed by atoms with Crippen LogP contribution in [-0.2, 0) is 25.6 Å². The quantitative estimate of drug-likeness (QED) is 0.168. The molecule has 1 aromatic heterocycles. The Bertz CT molecular complexity index is 1490. The van der Waals surface area contributed by atoms with Gasteiger partial charge in [0, 0.05) is 23.4 Å². The molecule has 43 heavy (non-hydrogen) atoms. The summed E-state index contributed by atoms with van der Waals surface area (Å²) in [5, 5.41) is 27.5. The standard InChI is InChI=1S/C30H32N6O6S/c1-2-40-27(38)17-31-29(39)32-23-14-12-22(13-15-23)28-41-25(16-26(42-28)21-10-8-20(18-37)9-11-21)19-43-30-33-34-35-36(30)24-6-4-3-5-7-24/h3-15,25-26,28,37H,2,16-19H2,1H3,(H2,31,32,39). The molecular formula is C30H32N6O6S. The van der Waals surface area contributed by atoms with Gasteiger partial charge in [-0.2, -0.15) is 4.68 Å². The van der Waals surface area contributed by atoms with Crippen molar-refractivity contribution >= 4 is 29.4 Å². The van der Waals surface area contributed by atoms with Gasteiger partial charge in [0.1, 0.15) is 6.54 Å². The van der Waals surface area contributed by atoms with Gasteiger partial charge in [-0.3, -0.25) is 4.79 Å². The topological polar surface area (TPSA) is 150 Å². The molecule has 1 fully saturated rings. The molecule has 0 radical (unpaired) electrons. The first kappa shape index (κ1) is 30.2. The number of rotatable bonds is 11. The largest absolute Gasteiger partial charge is 0.465 e. The first-order valence-electron chi connectivity index (χ1n) is 13.8. The number of thioether (sulfide) groups is 1. The van der Waals surface area contributed by atoms with Gasteiger partial charge < -0.3 is 30.0 Å². The fraction of sp³-hybridized carbons (Fsp3) is 0.300. The SMILES string of the molecule is CCOC(=O)CNC(=O)Nc1ccc(C2OC(CSc3nnnn3-c3ccccc3)CC(c3ccc(CO)cc3)O2)cc1. The summed E-state index contributed by atoms with van der Waals surface area (Å²) in [6.45, 7) is 1.69. The highest BCUT2D eigenvalue weighted by Gasteiger charge is 2.32. The Morgan fingerprint density at radius 3 is 2.49 bits per heavy atom. The third kappa shape index (κ3) is 8.17. The predicted octanol–water partition coefficient (Wildman–Crippen LogP) is 4.18. The smallest absolute Gasteiger partial charge is 0.325 e. The van der Waals surface area contributed by atoms with Crippen molar-refractivity contribution in [2.24, 2.45) is 0 Å². The zero-order chi connectivity index (χ0) is 30.0. The van der Waals surface area contributed by atoms with Crippen LogP contribution in [0.25, 0.3) is 5.69 Å². The number of carbonyl (C=O) groups is 2. The molecule has 3 aromatic carbocycles. The molecule has 12 nitrogen and oxygen atoms in total. The second kappa shape index (κ2) is 14.7. The first-order chi connectivity index (χ1) is 21.0. The number of hydrogen-bond acceptors (Lipinski definition) is 10. The molecule has 224 valence electrons. The number of aliphatic hydroxyl groups is 1. The summed E-state index contributed by atoms with van der Waals surface area (Å²) in [4.78, 5) is 23.7. The normalized spacial score (nSPS) is 18.1. The van der Waals surface area contributed by atoms with Crippen molar-refractivity contribution < 1.29 is 28.9 Å². The maximum Gasteiger partial charge on any atom is 0.325 e. The van der Waals surface area contributed by atoms with Crippen molar-refractivity contribution in [2.75, 3.05) is 24.2 Å². The van der Waals surface area contributed by atoms with E-state index < -0.39 is 18.3 Å². The molecule has 1 saturated heterocycles. The van der Waals surface area contributed by atoms with Gasteiger partial charge in [0.2, 0.25) is 5.16 Å². The number of nitrogens with one attached hydrogen (secondary N) is 2. The molecule has 13 heteroatoms. The molecule has 3 N–H and O–H groups in total. The molecular weight excluding hydrogens is 572 g/mol. The van der Waals surface area contributed by atoms with Gasteiger partial charge in [-0.25, -0.2) is 4.79 Å². The van der Waals surface area contributed by atoms with E-state index >= 15 is 0 Å². The Morgan fingerprint density at radius 1 is 1.02 bits per heavy atom. The van der Waals surface area contributed by atoms with Gasteiger partial charge >= 0.3 is 12.0 Å². The molecule has 3 unspecified atom stereocenters. The number of nitrogens with zero attached hydrogens (tertiary/aromatic N) is 4. The van der Waals surface area contributed by atoms with E-state index in [2.05, 4.69) is 26.2 Å². The Kier molecular flexibility index (Phi) is 10.3. The van der Waals surface area contributed by atoms with Crippen molar-refractivity contribution in [3.8, 4) is 5.69 Å². The van der Waals surface area contributed by atoms with E-state index in [1.165, 1.54) is 11.8 Å². The maximum atomic E-state index is 12.2. The third-order valence-electron chi connectivity index (χ3n) is 6.59. The molecule has 2 heterocycles. The highest BCUT2D eigenvalue weighted by atomic mass is 32.2. The number of urea groups is 1. The Hall–Kier alpha value is -4.30.